The lowest BCUT2D eigenvalue weighted by Gasteiger charge is -2.00. The predicted octanol–water partition coefficient (Wildman–Crippen LogP) is -1.46. The first-order valence-electron chi connectivity index (χ1n) is 5.01. The van der Waals surface area contributed by atoms with Crippen LogP contribution in [0.1, 0.15) is 15.9 Å². The first kappa shape index (κ1) is 13.2. The van der Waals surface area contributed by atoms with Gasteiger partial charge < -0.3 is 17.5 Å². The first-order chi connectivity index (χ1) is 7.79. The molecule has 0 amide bonds. The lowest BCUT2D eigenvalue weighted by atomic mass is 10.1. The average molecular weight is 250 g/mol. The van der Waals surface area contributed by atoms with E-state index < -0.39 is 0 Å². The molecular weight excluding hydrogens is 238 g/mol. The van der Waals surface area contributed by atoms with E-state index in [1.165, 1.54) is 0 Å². The standard InChI is InChI=1S/C13H11NO2.ClH/c15-10-12-8-11(4-5-13(12)16)9-14-6-2-1-3-7-14;/h1-8,10H,9H2;1H. The molecule has 0 spiro atoms. The SMILES string of the molecule is O=Cc1cc(C[n+]2ccccc2)ccc1O.[Cl-]. The van der Waals surface area contributed by atoms with Crippen LogP contribution in [0.25, 0.3) is 0 Å². The van der Waals surface area contributed by atoms with Crippen molar-refractivity contribution >= 4 is 6.29 Å². The molecule has 0 saturated carbocycles. The van der Waals surface area contributed by atoms with Gasteiger partial charge in [-0.05, 0) is 18.2 Å². The normalized spacial score (nSPS) is 9.41. The van der Waals surface area contributed by atoms with Crippen LogP contribution in [0.4, 0.5) is 0 Å². The van der Waals surface area contributed by atoms with E-state index in [0.717, 1.165) is 5.56 Å². The summed E-state index contributed by atoms with van der Waals surface area (Å²) in [6, 6.07) is 10.9. The number of halogens is 1. The molecule has 0 aliphatic carbocycles. The molecule has 1 heterocycles. The summed E-state index contributed by atoms with van der Waals surface area (Å²) in [7, 11) is 0. The molecule has 0 aliphatic rings. The summed E-state index contributed by atoms with van der Waals surface area (Å²) in [5, 5.41) is 9.36. The number of phenolic OH excluding ortho intramolecular Hbond substituents is 1. The van der Waals surface area contributed by atoms with Gasteiger partial charge in [0.05, 0.1) is 5.56 Å². The maximum Gasteiger partial charge on any atom is 0.173 e. The molecule has 4 heteroatoms. The highest BCUT2D eigenvalue weighted by Crippen LogP contribution is 2.16. The Morgan fingerprint density at radius 1 is 1.18 bits per heavy atom. The second-order valence-corrected chi connectivity index (χ2v) is 3.56. The van der Waals surface area contributed by atoms with Crippen LogP contribution < -0.4 is 17.0 Å². The fourth-order valence-electron chi connectivity index (χ4n) is 1.55. The highest BCUT2D eigenvalue weighted by atomic mass is 35.5. The van der Waals surface area contributed by atoms with E-state index in [-0.39, 0.29) is 18.2 Å². The largest absolute Gasteiger partial charge is 1.00 e. The summed E-state index contributed by atoms with van der Waals surface area (Å²) in [6.45, 7) is 0.682. The highest BCUT2D eigenvalue weighted by molar-refractivity contribution is 5.79. The molecular formula is C13H12ClNO2. The van der Waals surface area contributed by atoms with E-state index in [0.29, 0.717) is 18.4 Å². The van der Waals surface area contributed by atoms with E-state index in [9.17, 15) is 9.90 Å². The van der Waals surface area contributed by atoms with E-state index in [4.69, 9.17) is 0 Å². The lowest BCUT2D eigenvalue weighted by Crippen LogP contribution is -3.00. The zero-order chi connectivity index (χ0) is 11.4. The molecule has 0 saturated heterocycles. The fraction of sp³-hybridized carbons (Fsp3) is 0.0769. The number of pyridine rings is 1. The van der Waals surface area contributed by atoms with Crippen LogP contribution in [0.5, 0.6) is 5.75 Å². The van der Waals surface area contributed by atoms with Gasteiger partial charge in [0.2, 0.25) is 0 Å². The Labute approximate surface area is 106 Å². The van der Waals surface area contributed by atoms with Crippen molar-refractivity contribution in [3.8, 4) is 5.75 Å². The fourth-order valence-corrected chi connectivity index (χ4v) is 1.55. The number of hydrogen-bond acceptors (Lipinski definition) is 2. The van der Waals surface area contributed by atoms with Crippen LogP contribution in [-0.4, -0.2) is 11.4 Å². The van der Waals surface area contributed by atoms with Gasteiger partial charge in [0.25, 0.3) is 0 Å². The molecule has 3 nitrogen and oxygen atoms in total. The van der Waals surface area contributed by atoms with Gasteiger partial charge >= 0.3 is 0 Å². The number of aldehydes is 1. The maximum atomic E-state index is 10.7. The van der Waals surface area contributed by atoms with Gasteiger partial charge in [-0.25, -0.2) is 4.57 Å². The summed E-state index contributed by atoms with van der Waals surface area (Å²) >= 11 is 0. The molecule has 17 heavy (non-hydrogen) atoms. The molecule has 0 radical (unpaired) electrons. The summed E-state index contributed by atoms with van der Waals surface area (Å²) in [5.74, 6) is 0.0248. The second kappa shape index (κ2) is 6.01. The summed E-state index contributed by atoms with van der Waals surface area (Å²) < 4.78 is 2.00. The molecule has 88 valence electrons. The number of phenols is 1. The quantitative estimate of drug-likeness (QED) is 0.534. The Morgan fingerprint density at radius 2 is 1.88 bits per heavy atom. The first-order valence-corrected chi connectivity index (χ1v) is 5.01. The number of carbonyl (C=O) groups excluding carboxylic acids is 1. The number of carbonyl (C=O) groups is 1. The number of rotatable bonds is 3. The van der Waals surface area contributed by atoms with Crippen LogP contribution in [0, 0.1) is 0 Å². The molecule has 1 N–H and O–H groups in total. The van der Waals surface area contributed by atoms with Gasteiger partial charge in [0.15, 0.2) is 25.2 Å². The lowest BCUT2D eigenvalue weighted by molar-refractivity contribution is -0.688. The molecule has 1 aromatic heterocycles. The minimum absolute atomic E-state index is 0. The van der Waals surface area contributed by atoms with Gasteiger partial charge in [-0.1, -0.05) is 6.07 Å². The Balaban J connectivity index is 0.00000144. The van der Waals surface area contributed by atoms with Crippen LogP contribution in [0.15, 0.2) is 48.8 Å². The van der Waals surface area contributed by atoms with Crippen molar-refractivity contribution in [3.05, 3.63) is 59.9 Å². The van der Waals surface area contributed by atoms with Gasteiger partial charge in [-0.3, -0.25) is 4.79 Å². The van der Waals surface area contributed by atoms with Gasteiger partial charge in [0, 0.05) is 17.7 Å². The zero-order valence-corrected chi connectivity index (χ0v) is 9.84. The third kappa shape index (κ3) is 3.29. The van der Waals surface area contributed by atoms with Crippen molar-refractivity contribution in [3.63, 3.8) is 0 Å². The van der Waals surface area contributed by atoms with E-state index in [1.54, 1.807) is 12.1 Å². The molecule has 0 bridgehead atoms. The monoisotopic (exact) mass is 249 g/mol. The van der Waals surface area contributed by atoms with Crippen LogP contribution >= 0.6 is 0 Å². The van der Waals surface area contributed by atoms with Crippen LogP contribution in [0.3, 0.4) is 0 Å². The highest BCUT2D eigenvalue weighted by Gasteiger charge is 2.05. The van der Waals surface area contributed by atoms with Crippen molar-refractivity contribution in [2.45, 2.75) is 6.54 Å². The molecule has 0 aliphatic heterocycles. The Bertz CT molecular complexity index is 500. The third-order valence-corrected chi connectivity index (χ3v) is 2.36. The zero-order valence-electron chi connectivity index (χ0n) is 9.08. The van der Waals surface area contributed by atoms with Crippen LogP contribution in [-0.2, 0) is 6.54 Å². The third-order valence-electron chi connectivity index (χ3n) is 2.36. The van der Waals surface area contributed by atoms with E-state index in [1.807, 2.05) is 41.2 Å². The van der Waals surface area contributed by atoms with Crippen molar-refractivity contribution < 1.29 is 26.9 Å². The maximum absolute atomic E-state index is 10.7. The minimum Gasteiger partial charge on any atom is -1.00 e. The summed E-state index contributed by atoms with van der Waals surface area (Å²) in [4.78, 5) is 10.7. The number of nitrogens with zero attached hydrogens (tertiary/aromatic N) is 1. The van der Waals surface area contributed by atoms with Crippen LogP contribution in [0.2, 0.25) is 0 Å². The average Bonchev–Trinajstić information content (AvgIpc) is 2.33. The van der Waals surface area contributed by atoms with Crippen molar-refractivity contribution in [2.24, 2.45) is 0 Å². The number of benzene rings is 1. The smallest absolute Gasteiger partial charge is 0.173 e. The Kier molecular flexibility index (Phi) is 4.67. The van der Waals surface area contributed by atoms with Gasteiger partial charge in [-0.2, -0.15) is 0 Å². The Hall–Kier alpha value is -1.87. The van der Waals surface area contributed by atoms with E-state index in [2.05, 4.69) is 0 Å². The second-order valence-electron chi connectivity index (χ2n) is 3.56. The molecule has 2 aromatic rings. The number of aromatic nitrogens is 1. The molecule has 1 aromatic carbocycles. The molecule has 0 unspecified atom stereocenters. The Morgan fingerprint density at radius 3 is 2.53 bits per heavy atom. The van der Waals surface area contributed by atoms with Gasteiger partial charge in [-0.15, -0.1) is 0 Å². The molecule has 0 fully saturated rings. The van der Waals surface area contributed by atoms with Crippen molar-refractivity contribution in [2.75, 3.05) is 0 Å². The summed E-state index contributed by atoms with van der Waals surface area (Å²) in [6.07, 6.45) is 4.56. The van der Waals surface area contributed by atoms with Crippen molar-refractivity contribution in [1.82, 2.24) is 0 Å². The van der Waals surface area contributed by atoms with Gasteiger partial charge in [0.1, 0.15) is 5.75 Å². The van der Waals surface area contributed by atoms with Crippen molar-refractivity contribution in [1.29, 1.82) is 0 Å². The predicted molar refractivity (Wildman–Crippen MR) is 59.2 cm³/mol. The molecule has 0 atom stereocenters. The topological polar surface area (TPSA) is 41.2 Å². The van der Waals surface area contributed by atoms with E-state index >= 15 is 0 Å². The number of aromatic hydroxyl groups is 1. The number of hydrogen-bond donors (Lipinski definition) is 1. The summed E-state index contributed by atoms with van der Waals surface area (Å²) in [5.41, 5.74) is 1.31. The molecule has 2 rings (SSSR count). The minimum atomic E-state index is 0.